The lowest BCUT2D eigenvalue weighted by atomic mass is 10.0. The van der Waals surface area contributed by atoms with Crippen molar-refractivity contribution >= 4 is 46.3 Å². The van der Waals surface area contributed by atoms with Gasteiger partial charge in [-0.1, -0.05) is 49.2 Å². The monoisotopic (exact) mass is 437 g/mol. The van der Waals surface area contributed by atoms with Crippen LogP contribution in [-0.2, 0) is 11.2 Å². The third-order valence-corrected chi connectivity index (χ3v) is 5.21. The molecule has 0 bridgehead atoms. The van der Waals surface area contributed by atoms with E-state index >= 15 is 0 Å². The van der Waals surface area contributed by atoms with E-state index in [2.05, 4.69) is 10.4 Å². The molecule has 0 aliphatic carbocycles. The Morgan fingerprint density at radius 2 is 1.90 bits per heavy atom. The van der Waals surface area contributed by atoms with Gasteiger partial charge in [0.05, 0.1) is 27.4 Å². The minimum absolute atomic E-state index is 0.131. The molecule has 4 rings (SSSR count). The quantitative estimate of drug-likeness (QED) is 0.476. The standard InChI is InChI=1S/C23H17ClFN3O3/c1-2-5-18-21-20(15-6-3-4-7-17(15)26-18)22(30)28(23(21)31)27-19(29)11-9-13-8-10-14(25)12-16(13)24/h3-4,6-12H,2,5H2,1H3,(H,27,29)/b11-9+. The molecule has 2 heterocycles. The maximum absolute atomic E-state index is 13.2. The first-order valence-electron chi connectivity index (χ1n) is 9.65. The molecular weight excluding hydrogens is 421 g/mol. The van der Waals surface area contributed by atoms with Gasteiger partial charge in [0.25, 0.3) is 17.7 Å². The molecule has 3 amide bonds. The van der Waals surface area contributed by atoms with E-state index in [1.165, 1.54) is 18.2 Å². The fourth-order valence-corrected chi connectivity index (χ4v) is 3.73. The van der Waals surface area contributed by atoms with Crippen molar-refractivity contribution in [1.29, 1.82) is 0 Å². The van der Waals surface area contributed by atoms with E-state index in [-0.39, 0.29) is 16.1 Å². The zero-order valence-electron chi connectivity index (χ0n) is 16.5. The Morgan fingerprint density at radius 3 is 2.65 bits per heavy atom. The number of aromatic nitrogens is 1. The number of aryl methyl sites for hydroxylation is 1. The summed E-state index contributed by atoms with van der Waals surface area (Å²) in [7, 11) is 0. The molecule has 0 radical (unpaired) electrons. The molecular formula is C23H17ClFN3O3. The first-order chi connectivity index (χ1) is 14.9. The first kappa shape index (κ1) is 20.7. The van der Waals surface area contributed by atoms with Crippen LogP contribution in [0.3, 0.4) is 0 Å². The van der Waals surface area contributed by atoms with Crippen molar-refractivity contribution in [3.05, 3.63) is 81.8 Å². The third-order valence-electron chi connectivity index (χ3n) is 4.89. The van der Waals surface area contributed by atoms with Crippen molar-refractivity contribution in [2.24, 2.45) is 0 Å². The molecule has 156 valence electrons. The van der Waals surface area contributed by atoms with Crippen LogP contribution in [-0.4, -0.2) is 27.7 Å². The average Bonchev–Trinajstić information content (AvgIpc) is 2.99. The van der Waals surface area contributed by atoms with Crippen molar-refractivity contribution in [3.8, 4) is 0 Å². The summed E-state index contributed by atoms with van der Waals surface area (Å²) >= 11 is 5.94. The summed E-state index contributed by atoms with van der Waals surface area (Å²) in [6.07, 6.45) is 3.75. The highest BCUT2D eigenvalue weighted by Crippen LogP contribution is 2.31. The Hall–Kier alpha value is -3.58. The second-order valence-electron chi connectivity index (χ2n) is 7.00. The molecule has 3 aromatic rings. The summed E-state index contributed by atoms with van der Waals surface area (Å²) in [5, 5.41) is 1.39. The number of para-hydroxylation sites is 1. The molecule has 31 heavy (non-hydrogen) atoms. The third kappa shape index (κ3) is 3.80. The number of fused-ring (bicyclic) bond motifs is 3. The lowest BCUT2D eigenvalue weighted by molar-refractivity contribution is -0.119. The van der Waals surface area contributed by atoms with Crippen molar-refractivity contribution in [2.75, 3.05) is 0 Å². The molecule has 8 heteroatoms. The smallest absolute Gasteiger partial charge is 0.268 e. The van der Waals surface area contributed by atoms with Crippen LogP contribution >= 0.6 is 11.6 Å². The predicted octanol–water partition coefficient (Wildman–Crippen LogP) is 4.32. The van der Waals surface area contributed by atoms with Gasteiger partial charge in [-0.25, -0.2) is 4.39 Å². The molecule has 6 nitrogen and oxygen atoms in total. The minimum Gasteiger partial charge on any atom is -0.268 e. The molecule has 1 aliphatic heterocycles. The van der Waals surface area contributed by atoms with Gasteiger partial charge in [0.2, 0.25) is 0 Å². The van der Waals surface area contributed by atoms with Crippen LogP contribution in [0.2, 0.25) is 5.02 Å². The van der Waals surface area contributed by atoms with Crippen LogP contribution in [0.1, 0.15) is 45.3 Å². The van der Waals surface area contributed by atoms with Crippen molar-refractivity contribution in [3.63, 3.8) is 0 Å². The van der Waals surface area contributed by atoms with Gasteiger partial charge in [-0.05, 0) is 36.3 Å². The Bertz CT molecular complexity index is 1270. The number of pyridine rings is 1. The second-order valence-corrected chi connectivity index (χ2v) is 7.40. The number of rotatable bonds is 5. The fourth-order valence-electron chi connectivity index (χ4n) is 3.50. The number of hydrazine groups is 1. The van der Waals surface area contributed by atoms with Crippen molar-refractivity contribution in [1.82, 2.24) is 15.4 Å². The van der Waals surface area contributed by atoms with Gasteiger partial charge in [-0.3, -0.25) is 24.8 Å². The number of benzene rings is 2. The Kier molecular flexibility index (Phi) is 5.52. The molecule has 2 aromatic carbocycles. The molecule has 0 saturated heterocycles. The largest absolute Gasteiger partial charge is 0.282 e. The van der Waals surface area contributed by atoms with Gasteiger partial charge in [-0.2, -0.15) is 5.01 Å². The van der Waals surface area contributed by atoms with Gasteiger partial charge in [0.1, 0.15) is 5.82 Å². The molecule has 1 N–H and O–H groups in total. The van der Waals surface area contributed by atoms with Crippen LogP contribution in [0.4, 0.5) is 4.39 Å². The summed E-state index contributed by atoms with van der Waals surface area (Å²) < 4.78 is 13.2. The molecule has 0 saturated carbocycles. The maximum atomic E-state index is 13.2. The van der Waals surface area contributed by atoms with E-state index < -0.39 is 23.5 Å². The lowest BCUT2D eigenvalue weighted by Gasteiger charge is -2.13. The Balaban J connectivity index is 1.64. The summed E-state index contributed by atoms with van der Waals surface area (Å²) in [6, 6.07) is 10.8. The van der Waals surface area contributed by atoms with E-state index in [4.69, 9.17) is 11.6 Å². The highest BCUT2D eigenvalue weighted by molar-refractivity contribution is 6.32. The van der Waals surface area contributed by atoms with E-state index in [9.17, 15) is 18.8 Å². The number of imide groups is 1. The summed E-state index contributed by atoms with van der Waals surface area (Å²) in [5.74, 6) is -2.44. The number of nitrogens with one attached hydrogen (secondary N) is 1. The van der Waals surface area contributed by atoms with Crippen LogP contribution < -0.4 is 5.43 Å². The Labute approximate surface area is 182 Å². The number of nitrogens with zero attached hydrogens (tertiary/aromatic N) is 2. The molecule has 1 aliphatic rings. The molecule has 0 fully saturated rings. The number of carbonyl (C=O) groups is 3. The van der Waals surface area contributed by atoms with Crippen molar-refractivity contribution < 1.29 is 18.8 Å². The minimum atomic E-state index is -0.704. The van der Waals surface area contributed by atoms with Crippen LogP contribution in [0, 0.1) is 5.82 Å². The molecule has 0 unspecified atom stereocenters. The van der Waals surface area contributed by atoms with Gasteiger partial charge >= 0.3 is 0 Å². The van der Waals surface area contributed by atoms with Crippen LogP contribution in [0.25, 0.3) is 17.0 Å². The number of halogens is 2. The van der Waals surface area contributed by atoms with E-state index in [0.29, 0.717) is 33.6 Å². The molecule has 1 aromatic heterocycles. The SMILES string of the molecule is CCCc1nc2ccccc2c2c1C(=O)N(NC(=O)/C=C/c1ccc(F)cc1Cl)C2=O. The highest BCUT2D eigenvalue weighted by atomic mass is 35.5. The number of carbonyl (C=O) groups excluding carboxylic acids is 3. The van der Waals surface area contributed by atoms with E-state index in [0.717, 1.165) is 18.6 Å². The van der Waals surface area contributed by atoms with Crippen LogP contribution in [0.15, 0.2) is 48.5 Å². The highest BCUT2D eigenvalue weighted by Gasteiger charge is 2.40. The predicted molar refractivity (Wildman–Crippen MR) is 115 cm³/mol. The van der Waals surface area contributed by atoms with Gasteiger partial charge in [-0.15, -0.1) is 0 Å². The molecule has 0 atom stereocenters. The second kappa shape index (κ2) is 8.28. The summed E-state index contributed by atoms with van der Waals surface area (Å²) in [6.45, 7) is 1.95. The summed E-state index contributed by atoms with van der Waals surface area (Å²) in [4.78, 5) is 43.0. The average molecular weight is 438 g/mol. The zero-order chi connectivity index (χ0) is 22.1. The van der Waals surface area contributed by atoms with Crippen LogP contribution in [0.5, 0.6) is 0 Å². The van der Waals surface area contributed by atoms with Gasteiger partial charge < -0.3 is 0 Å². The summed E-state index contributed by atoms with van der Waals surface area (Å²) in [5.41, 5.74) is 4.34. The zero-order valence-corrected chi connectivity index (χ0v) is 17.2. The fraction of sp³-hybridized carbons (Fsp3) is 0.130. The maximum Gasteiger partial charge on any atom is 0.282 e. The lowest BCUT2D eigenvalue weighted by Crippen LogP contribution is -2.45. The number of amides is 3. The number of hydrogen-bond acceptors (Lipinski definition) is 4. The first-order valence-corrected chi connectivity index (χ1v) is 10.0. The van der Waals surface area contributed by atoms with Crippen molar-refractivity contribution in [2.45, 2.75) is 19.8 Å². The topological polar surface area (TPSA) is 79.4 Å². The van der Waals surface area contributed by atoms with E-state index in [1.54, 1.807) is 18.2 Å². The Morgan fingerprint density at radius 1 is 1.16 bits per heavy atom. The van der Waals surface area contributed by atoms with Gasteiger partial charge in [0, 0.05) is 11.5 Å². The normalized spacial score (nSPS) is 13.3. The number of hydrogen-bond donors (Lipinski definition) is 1. The van der Waals surface area contributed by atoms with Gasteiger partial charge in [0.15, 0.2) is 0 Å². The van der Waals surface area contributed by atoms with E-state index in [1.807, 2.05) is 13.0 Å². The molecule has 0 spiro atoms.